The molecule has 0 aliphatic heterocycles. The van der Waals surface area contributed by atoms with Gasteiger partial charge in [-0.3, -0.25) is 0 Å². The average molecular weight is 549 g/mol. The Morgan fingerprint density at radius 2 is 0.825 bits per heavy atom. The van der Waals surface area contributed by atoms with Crippen LogP contribution in [0.4, 0.5) is 0 Å². The Hall–Kier alpha value is 0. The van der Waals surface area contributed by atoms with Crippen molar-refractivity contribution >= 4 is 0 Å². The normalized spacial score (nSPS) is 55.5. The Labute approximate surface area is 250 Å². The molecule has 0 amide bonds. The summed E-state index contributed by atoms with van der Waals surface area (Å²) in [6.07, 6.45) is 34.4. The highest BCUT2D eigenvalue weighted by Crippen LogP contribution is 2.60. The van der Waals surface area contributed by atoms with Crippen molar-refractivity contribution < 1.29 is 0 Å². The molecular formula is C40H68. The first-order chi connectivity index (χ1) is 19.2. The summed E-state index contributed by atoms with van der Waals surface area (Å²) in [4.78, 5) is 0. The van der Waals surface area contributed by atoms with Crippen molar-refractivity contribution in [3.8, 4) is 0 Å². The molecule has 12 bridgehead atoms. The van der Waals surface area contributed by atoms with Crippen LogP contribution in [0.1, 0.15) is 169 Å². The van der Waals surface area contributed by atoms with E-state index in [1.54, 1.807) is 103 Å². The standard InChI is InChI=1S/2C11H18.2C9H16/c1-11-5-8-2-9(6-11)4-10(3-8)7-11;1-7-10-3-8-2-9(5-10)6-11(7)4-8;1-9-5-2-8(3-6-9)4-7-9;1-7-6-8-2-4-9(7)5-3-8/h8-10H,2-7H2,1H3;7-11H,2-6H2,1H3;8H,2-7H2,1H3;7-9H,2-6H2,1H3. The smallest absolute Gasteiger partial charge is 0.0318 e. The van der Waals surface area contributed by atoms with E-state index in [1.165, 1.54) is 38.5 Å². The van der Waals surface area contributed by atoms with Gasteiger partial charge in [-0.05, 0) is 210 Å². The maximum atomic E-state index is 2.54. The van der Waals surface area contributed by atoms with Crippen molar-refractivity contribution in [1.82, 2.24) is 0 Å². The Balaban J connectivity index is 0.0000000886. The number of rotatable bonds is 0. The molecule has 14 aliphatic rings. The molecule has 0 N–H and O–H groups in total. The third-order valence-electron chi connectivity index (χ3n) is 15.9. The fourth-order valence-corrected chi connectivity index (χ4v) is 13.9. The first-order valence-corrected chi connectivity index (χ1v) is 19.2. The zero-order valence-corrected chi connectivity index (χ0v) is 27.5. The van der Waals surface area contributed by atoms with Crippen LogP contribution in [0.3, 0.4) is 0 Å². The molecule has 0 aromatic carbocycles. The lowest BCUT2D eigenvalue weighted by atomic mass is 9.50. The van der Waals surface area contributed by atoms with Gasteiger partial charge in [-0.1, -0.05) is 40.5 Å². The van der Waals surface area contributed by atoms with Crippen molar-refractivity contribution in [2.24, 2.45) is 81.8 Å². The number of hydrogen-bond donors (Lipinski definition) is 0. The lowest BCUT2D eigenvalue weighted by molar-refractivity contribution is -0.0411. The molecule has 228 valence electrons. The van der Waals surface area contributed by atoms with Gasteiger partial charge in [-0.25, -0.2) is 0 Å². The summed E-state index contributed by atoms with van der Waals surface area (Å²) in [7, 11) is 0. The zero-order chi connectivity index (χ0) is 27.5. The fraction of sp³-hybridized carbons (Fsp3) is 1.00. The van der Waals surface area contributed by atoms with Crippen LogP contribution >= 0.6 is 0 Å². The molecule has 40 heavy (non-hydrogen) atoms. The lowest BCUT2D eigenvalue weighted by Gasteiger charge is -2.55. The maximum absolute atomic E-state index is 2.54. The molecule has 1 unspecified atom stereocenters. The molecule has 14 saturated carbocycles. The van der Waals surface area contributed by atoms with Crippen LogP contribution in [0, 0.1) is 81.8 Å². The third-order valence-corrected chi connectivity index (χ3v) is 15.9. The molecule has 0 spiro atoms. The molecule has 0 aromatic rings. The van der Waals surface area contributed by atoms with Crippen LogP contribution in [0.5, 0.6) is 0 Å². The van der Waals surface area contributed by atoms with E-state index < -0.39 is 0 Å². The van der Waals surface area contributed by atoms with E-state index in [2.05, 4.69) is 27.7 Å². The first kappa shape index (κ1) is 28.8. The molecule has 0 heterocycles. The summed E-state index contributed by atoms with van der Waals surface area (Å²) in [5.74, 6) is 13.6. The van der Waals surface area contributed by atoms with Crippen LogP contribution in [0.25, 0.3) is 0 Å². The highest BCUT2D eigenvalue weighted by Gasteiger charge is 2.48. The summed E-state index contributed by atoms with van der Waals surface area (Å²) >= 11 is 0. The maximum Gasteiger partial charge on any atom is -0.0318 e. The molecule has 0 heteroatoms. The van der Waals surface area contributed by atoms with E-state index >= 15 is 0 Å². The summed E-state index contributed by atoms with van der Waals surface area (Å²) in [6.45, 7) is 9.96. The number of fused-ring (bicyclic) bond motifs is 6. The predicted molar refractivity (Wildman–Crippen MR) is 171 cm³/mol. The summed E-state index contributed by atoms with van der Waals surface area (Å²) in [5, 5.41) is 0. The largest absolute Gasteiger partial charge is 0.0622 e. The van der Waals surface area contributed by atoms with Gasteiger partial charge < -0.3 is 0 Å². The predicted octanol–water partition coefficient (Wildman–Crippen LogP) is 12.1. The van der Waals surface area contributed by atoms with Gasteiger partial charge in [0.05, 0.1) is 0 Å². The van der Waals surface area contributed by atoms with Gasteiger partial charge in [0.1, 0.15) is 0 Å². The second-order valence-electron chi connectivity index (χ2n) is 19.3. The molecule has 0 saturated heterocycles. The Morgan fingerprint density at radius 1 is 0.375 bits per heavy atom. The van der Waals surface area contributed by atoms with Crippen molar-refractivity contribution in [2.75, 3.05) is 0 Å². The second kappa shape index (κ2) is 11.5. The monoisotopic (exact) mass is 549 g/mol. The van der Waals surface area contributed by atoms with Crippen LogP contribution in [0.2, 0.25) is 0 Å². The third kappa shape index (κ3) is 6.28. The van der Waals surface area contributed by atoms with E-state index in [4.69, 9.17) is 0 Å². The van der Waals surface area contributed by atoms with E-state index in [0.717, 1.165) is 81.8 Å². The van der Waals surface area contributed by atoms with Gasteiger partial charge in [-0.15, -0.1) is 0 Å². The summed E-state index contributed by atoms with van der Waals surface area (Å²) in [6, 6.07) is 0. The number of hydrogen-bond acceptors (Lipinski definition) is 0. The highest BCUT2D eigenvalue weighted by molar-refractivity contribution is 4.99. The molecule has 0 radical (unpaired) electrons. The molecular weight excluding hydrogens is 480 g/mol. The zero-order valence-electron chi connectivity index (χ0n) is 27.5. The van der Waals surface area contributed by atoms with Gasteiger partial charge in [0, 0.05) is 0 Å². The topological polar surface area (TPSA) is 0 Å². The van der Waals surface area contributed by atoms with Crippen LogP contribution < -0.4 is 0 Å². The Bertz CT molecular complexity index is 757. The quantitative estimate of drug-likeness (QED) is 0.282. The molecule has 0 nitrogen and oxygen atoms in total. The Kier molecular flexibility index (Phi) is 8.26. The van der Waals surface area contributed by atoms with E-state index in [0.29, 0.717) is 0 Å². The second-order valence-corrected chi connectivity index (χ2v) is 19.3. The van der Waals surface area contributed by atoms with Gasteiger partial charge in [0.15, 0.2) is 0 Å². The van der Waals surface area contributed by atoms with Crippen molar-refractivity contribution in [2.45, 2.75) is 169 Å². The lowest BCUT2D eigenvalue weighted by Crippen LogP contribution is -2.44. The van der Waals surface area contributed by atoms with Gasteiger partial charge in [-0.2, -0.15) is 0 Å². The van der Waals surface area contributed by atoms with Crippen molar-refractivity contribution in [3.63, 3.8) is 0 Å². The molecule has 14 aliphatic carbocycles. The Morgan fingerprint density at radius 3 is 1.12 bits per heavy atom. The van der Waals surface area contributed by atoms with Gasteiger partial charge >= 0.3 is 0 Å². The average Bonchev–Trinajstić information content (AvgIpc) is 2.92. The van der Waals surface area contributed by atoms with Crippen molar-refractivity contribution in [1.29, 1.82) is 0 Å². The molecule has 14 rings (SSSR count). The first-order valence-electron chi connectivity index (χ1n) is 19.2. The molecule has 14 fully saturated rings. The minimum absolute atomic E-state index is 0.786. The van der Waals surface area contributed by atoms with Gasteiger partial charge in [0.25, 0.3) is 0 Å². The van der Waals surface area contributed by atoms with Crippen LogP contribution in [0.15, 0.2) is 0 Å². The summed E-state index contributed by atoms with van der Waals surface area (Å²) in [5.41, 5.74) is 1.59. The summed E-state index contributed by atoms with van der Waals surface area (Å²) < 4.78 is 0. The van der Waals surface area contributed by atoms with E-state index in [9.17, 15) is 0 Å². The van der Waals surface area contributed by atoms with Gasteiger partial charge in [0.2, 0.25) is 0 Å². The minimum atomic E-state index is 0.786. The SMILES string of the molecule is CC12CC3CC(CC(C3)C1)C2.CC12CCC(CC1)CC2.CC1C2CC3CC(C2)CC1C3.CC1CC2CCC1CC2. The van der Waals surface area contributed by atoms with E-state index in [1.807, 2.05) is 0 Å². The fourth-order valence-electron chi connectivity index (χ4n) is 13.9. The van der Waals surface area contributed by atoms with Crippen LogP contribution in [-0.2, 0) is 0 Å². The van der Waals surface area contributed by atoms with Crippen molar-refractivity contribution in [3.05, 3.63) is 0 Å². The molecule has 0 aromatic heterocycles. The van der Waals surface area contributed by atoms with E-state index in [-0.39, 0.29) is 0 Å². The van der Waals surface area contributed by atoms with Crippen LogP contribution in [-0.4, -0.2) is 0 Å². The minimum Gasteiger partial charge on any atom is -0.0622 e. The highest BCUT2D eigenvalue weighted by atomic mass is 14.5. The molecule has 1 atom stereocenters.